The summed E-state index contributed by atoms with van der Waals surface area (Å²) in [7, 11) is -3.45. The first-order valence-electron chi connectivity index (χ1n) is 7.82. The maximum atomic E-state index is 12.6. The van der Waals surface area contributed by atoms with Crippen molar-refractivity contribution < 1.29 is 13.2 Å². The van der Waals surface area contributed by atoms with Crippen molar-refractivity contribution in [2.75, 3.05) is 13.1 Å². The molecule has 2 atom stereocenters. The minimum Gasteiger partial charge on any atom is -0.353 e. The molecule has 0 aromatic carbocycles. The first-order valence-corrected chi connectivity index (χ1v) is 10.1. The van der Waals surface area contributed by atoms with Crippen molar-refractivity contribution in [2.24, 2.45) is 11.8 Å². The second-order valence-corrected chi connectivity index (χ2v) is 9.38. The number of sulfonamides is 1. The van der Waals surface area contributed by atoms with Gasteiger partial charge in [-0.2, -0.15) is 4.31 Å². The van der Waals surface area contributed by atoms with Crippen molar-refractivity contribution in [1.82, 2.24) is 9.62 Å². The molecule has 1 aliphatic carbocycles. The van der Waals surface area contributed by atoms with Gasteiger partial charge in [-0.3, -0.25) is 4.79 Å². The summed E-state index contributed by atoms with van der Waals surface area (Å²) < 4.78 is 27.0. The molecule has 1 saturated heterocycles. The van der Waals surface area contributed by atoms with Gasteiger partial charge in [-0.1, -0.05) is 6.07 Å². The molecule has 0 bridgehead atoms. The Kier molecular flexibility index (Phi) is 4.56. The molecule has 1 N–H and O–H groups in total. The Morgan fingerprint density at radius 2 is 2.18 bits per heavy atom. The van der Waals surface area contributed by atoms with Gasteiger partial charge in [0.15, 0.2) is 0 Å². The van der Waals surface area contributed by atoms with Crippen LogP contribution in [0.15, 0.2) is 21.7 Å². The number of nitrogens with one attached hydrogen (secondary N) is 1. The molecule has 122 valence electrons. The molecule has 2 fully saturated rings. The minimum absolute atomic E-state index is 0.00507. The standard InChI is InChI=1S/C15H22N2O3S2/c1-11(12-6-7-12)16-15(18)13-4-2-8-17(10-13)22(19,20)14-5-3-9-21-14/h3,5,9,11-13H,2,4,6-8,10H2,1H3,(H,16,18). The van der Waals surface area contributed by atoms with E-state index < -0.39 is 10.0 Å². The summed E-state index contributed by atoms with van der Waals surface area (Å²) in [5.41, 5.74) is 0. The Labute approximate surface area is 135 Å². The van der Waals surface area contributed by atoms with Gasteiger partial charge in [0.05, 0.1) is 5.92 Å². The van der Waals surface area contributed by atoms with Crippen molar-refractivity contribution in [3.63, 3.8) is 0 Å². The summed E-state index contributed by atoms with van der Waals surface area (Å²) in [6, 6.07) is 3.57. The number of hydrogen-bond donors (Lipinski definition) is 1. The Morgan fingerprint density at radius 3 is 2.82 bits per heavy atom. The minimum atomic E-state index is -3.45. The summed E-state index contributed by atoms with van der Waals surface area (Å²) in [5, 5.41) is 4.82. The van der Waals surface area contributed by atoms with Crippen LogP contribution in [-0.2, 0) is 14.8 Å². The molecule has 22 heavy (non-hydrogen) atoms. The zero-order chi connectivity index (χ0) is 15.7. The van der Waals surface area contributed by atoms with Crippen molar-refractivity contribution >= 4 is 27.3 Å². The second-order valence-electron chi connectivity index (χ2n) is 6.27. The number of hydrogen-bond acceptors (Lipinski definition) is 4. The Balaban J connectivity index is 1.65. The number of amides is 1. The molecule has 2 heterocycles. The zero-order valence-electron chi connectivity index (χ0n) is 12.7. The highest BCUT2D eigenvalue weighted by atomic mass is 32.2. The lowest BCUT2D eigenvalue weighted by Gasteiger charge is -2.31. The SMILES string of the molecule is CC(NC(=O)C1CCCN(S(=O)(=O)c2cccs2)C1)C1CC1. The van der Waals surface area contributed by atoms with Crippen LogP contribution in [0.5, 0.6) is 0 Å². The third-order valence-corrected chi connectivity index (χ3v) is 7.78. The Hall–Kier alpha value is -0.920. The van der Waals surface area contributed by atoms with Crippen LogP contribution in [0, 0.1) is 11.8 Å². The van der Waals surface area contributed by atoms with Gasteiger partial charge >= 0.3 is 0 Å². The molecule has 2 aliphatic rings. The van der Waals surface area contributed by atoms with E-state index in [0.29, 0.717) is 23.2 Å². The van der Waals surface area contributed by atoms with Crippen molar-refractivity contribution in [1.29, 1.82) is 0 Å². The smallest absolute Gasteiger partial charge is 0.252 e. The monoisotopic (exact) mass is 342 g/mol. The van der Waals surface area contributed by atoms with E-state index in [0.717, 1.165) is 12.8 Å². The molecule has 3 rings (SSSR count). The van der Waals surface area contributed by atoms with Crippen molar-refractivity contribution in [2.45, 2.75) is 42.9 Å². The second kappa shape index (κ2) is 6.29. The predicted octanol–water partition coefficient (Wildman–Crippen LogP) is 2.06. The summed E-state index contributed by atoms with van der Waals surface area (Å²) in [4.78, 5) is 12.4. The van der Waals surface area contributed by atoms with Crippen LogP contribution in [-0.4, -0.2) is 37.8 Å². The highest BCUT2D eigenvalue weighted by molar-refractivity contribution is 7.91. The fraction of sp³-hybridized carbons (Fsp3) is 0.667. The molecular weight excluding hydrogens is 320 g/mol. The van der Waals surface area contributed by atoms with E-state index in [9.17, 15) is 13.2 Å². The van der Waals surface area contributed by atoms with E-state index in [1.165, 1.54) is 28.5 Å². The highest BCUT2D eigenvalue weighted by Crippen LogP contribution is 2.33. The van der Waals surface area contributed by atoms with Gasteiger partial charge in [0.2, 0.25) is 5.91 Å². The summed E-state index contributed by atoms with van der Waals surface area (Å²) in [6.07, 6.45) is 3.87. The molecule has 7 heteroatoms. The van der Waals surface area contributed by atoms with Crippen LogP contribution in [0.2, 0.25) is 0 Å². The van der Waals surface area contributed by atoms with Gasteiger partial charge in [-0.25, -0.2) is 8.42 Å². The number of piperidine rings is 1. The van der Waals surface area contributed by atoms with Gasteiger partial charge in [0, 0.05) is 19.1 Å². The fourth-order valence-electron chi connectivity index (χ4n) is 2.97. The van der Waals surface area contributed by atoms with Crippen LogP contribution < -0.4 is 5.32 Å². The highest BCUT2D eigenvalue weighted by Gasteiger charge is 2.35. The third-order valence-electron chi connectivity index (χ3n) is 4.54. The van der Waals surface area contributed by atoms with Crippen molar-refractivity contribution in [3.05, 3.63) is 17.5 Å². The number of rotatable bonds is 5. The van der Waals surface area contributed by atoms with Gasteiger partial charge in [0.25, 0.3) is 10.0 Å². The van der Waals surface area contributed by atoms with Gasteiger partial charge < -0.3 is 5.32 Å². The van der Waals surface area contributed by atoms with E-state index in [4.69, 9.17) is 0 Å². The molecule has 2 unspecified atom stereocenters. The number of carbonyl (C=O) groups is 1. The molecule has 1 saturated carbocycles. The van der Waals surface area contributed by atoms with Crippen LogP contribution in [0.4, 0.5) is 0 Å². The Morgan fingerprint density at radius 1 is 1.41 bits per heavy atom. The molecule has 5 nitrogen and oxygen atoms in total. The summed E-state index contributed by atoms with van der Waals surface area (Å²) in [5.74, 6) is 0.383. The first kappa shape index (κ1) is 16.0. The van der Waals surface area contributed by atoms with E-state index >= 15 is 0 Å². The average molecular weight is 342 g/mol. The number of nitrogens with zero attached hydrogens (tertiary/aromatic N) is 1. The van der Waals surface area contributed by atoms with E-state index in [1.807, 2.05) is 6.92 Å². The van der Waals surface area contributed by atoms with Crippen LogP contribution in [0.1, 0.15) is 32.6 Å². The summed E-state index contributed by atoms with van der Waals surface area (Å²) >= 11 is 1.23. The topological polar surface area (TPSA) is 66.5 Å². The lowest BCUT2D eigenvalue weighted by atomic mass is 9.98. The van der Waals surface area contributed by atoms with Gasteiger partial charge in [-0.15, -0.1) is 11.3 Å². The molecular formula is C15H22N2O3S2. The van der Waals surface area contributed by atoms with Gasteiger partial charge in [-0.05, 0) is 50.0 Å². The van der Waals surface area contributed by atoms with Crippen LogP contribution >= 0.6 is 11.3 Å². The lowest BCUT2D eigenvalue weighted by molar-refractivity contribution is -0.126. The molecule has 1 aromatic rings. The Bertz CT molecular complexity index is 623. The first-order chi connectivity index (χ1) is 10.5. The van der Waals surface area contributed by atoms with E-state index in [-0.39, 0.29) is 17.9 Å². The van der Waals surface area contributed by atoms with Crippen molar-refractivity contribution in [3.8, 4) is 0 Å². The molecule has 0 spiro atoms. The average Bonchev–Trinajstić information content (AvgIpc) is 3.21. The fourth-order valence-corrected chi connectivity index (χ4v) is 5.64. The van der Waals surface area contributed by atoms with Crippen LogP contribution in [0.25, 0.3) is 0 Å². The molecule has 1 amide bonds. The lowest BCUT2D eigenvalue weighted by Crippen LogP contribution is -2.47. The largest absolute Gasteiger partial charge is 0.353 e. The number of thiophene rings is 1. The van der Waals surface area contributed by atoms with E-state index in [2.05, 4.69) is 5.32 Å². The maximum absolute atomic E-state index is 12.6. The predicted molar refractivity (Wildman–Crippen MR) is 86.1 cm³/mol. The van der Waals surface area contributed by atoms with Crippen LogP contribution in [0.3, 0.4) is 0 Å². The quantitative estimate of drug-likeness (QED) is 0.891. The molecule has 0 radical (unpaired) electrons. The third kappa shape index (κ3) is 3.36. The maximum Gasteiger partial charge on any atom is 0.252 e. The normalized spacial score (nSPS) is 24.9. The summed E-state index contributed by atoms with van der Waals surface area (Å²) in [6.45, 7) is 2.84. The van der Waals surface area contributed by atoms with E-state index in [1.54, 1.807) is 17.5 Å². The molecule has 1 aromatic heterocycles. The molecule has 1 aliphatic heterocycles. The number of carbonyl (C=O) groups excluding carboxylic acids is 1. The van der Waals surface area contributed by atoms with Gasteiger partial charge in [0.1, 0.15) is 4.21 Å². The zero-order valence-corrected chi connectivity index (χ0v) is 14.3.